The molecule has 4 nitrogen and oxygen atoms in total. The summed E-state index contributed by atoms with van der Waals surface area (Å²) >= 11 is 0. The van der Waals surface area contributed by atoms with Crippen LogP contribution in [0.1, 0.15) is 19.4 Å². The Morgan fingerprint density at radius 3 is 2.06 bits per heavy atom. The Morgan fingerprint density at radius 1 is 1.00 bits per heavy atom. The molecular formula is C25H21F6N3O. The molecule has 0 radical (unpaired) electrons. The fraction of sp³-hybridized carbons (Fsp3) is 0.280. The van der Waals surface area contributed by atoms with Gasteiger partial charge in [0.2, 0.25) is 11.3 Å². The van der Waals surface area contributed by atoms with E-state index in [0.717, 1.165) is 24.3 Å². The highest BCUT2D eigenvalue weighted by atomic mass is 19.4. The Kier molecular flexibility index (Phi) is 7.92. The molecule has 0 fully saturated rings. The van der Waals surface area contributed by atoms with Crippen LogP contribution in [0.5, 0.6) is 0 Å². The third kappa shape index (κ3) is 5.78. The molecule has 0 N–H and O–H groups in total. The van der Waals surface area contributed by atoms with E-state index in [1.54, 1.807) is 18.2 Å². The van der Waals surface area contributed by atoms with Gasteiger partial charge < -0.3 is 9.64 Å². The van der Waals surface area contributed by atoms with E-state index in [-0.39, 0.29) is 0 Å². The Bertz CT molecular complexity index is 1200. The van der Waals surface area contributed by atoms with Crippen molar-refractivity contribution in [2.45, 2.75) is 31.8 Å². The molecule has 1 atom stereocenters. The lowest BCUT2D eigenvalue weighted by atomic mass is 9.87. The molecule has 1 unspecified atom stereocenters. The van der Waals surface area contributed by atoms with Gasteiger partial charge in [0.1, 0.15) is 5.76 Å². The summed E-state index contributed by atoms with van der Waals surface area (Å²) in [6.45, 7) is 15.7. The van der Waals surface area contributed by atoms with Gasteiger partial charge in [0.05, 0.1) is 18.7 Å². The van der Waals surface area contributed by atoms with Crippen LogP contribution in [0, 0.1) is 13.1 Å². The summed E-state index contributed by atoms with van der Waals surface area (Å²) in [7, 11) is 3.74. The number of alkyl halides is 6. The minimum absolute atomic E-state index is 0.415. The second-order valence-electron chi connectivity index (χ2n) is 7.80. The molecular weight excluding hydrogens is 472 g/mol. The smallest absolute Gasteiger partial charge is 0.430 e. The SMILES string of the molecule is [C-]#[N+]C(C)=C1OC(C)(C(F)(F)F)C(C(=CC=CC=Cc2ccc(N(C)C)cc2)C(F)(F)F)=C1[N+]#[C-]. The Labute approximate surface area is 199 Å². The van der Waals surface area contributed by atoms with Crippen LogP contribution in [-0.2, 0) is 4.74 Å². The zero-order valence-electron chi connectivity index (χ0n) is 19.2. The van der Waals surface area contributed by atoms with Crippen molar-refractivity contribution < 1.29 is 31.1 Å². The molecule has 0 bridgehead atoms. The first-order valence-electron chi connectivity index (χ1n) is 10.0. The van der Waals surface area contributed by atoms with Gasteiger partial charge in [-0.05, 0) is 31.5 Å². The first-order valence-corrected chi connectivity index (χ1v) is 10.0. The summed E-state index contributed by atoms with van der Waals surface area (Å²) in [6.07, 6.45) is -4.87. The van der Waals surface area contributed by atoms with Crippen LogP contribution < -0.4 is 4.90 Å². The molecule has 0 saturated carbocycles. The lowest BCUT2D eigenvalue weighted by molar-refractivity contribution is -0.238. The third-order valence-corrected chi connectivity index (χ3v) is 5.14. The highest BCUT2D eigenvalue weighted by Gasteiger charge is 2.63. The number of rotatable bonds is 5. The van der Waals surface area contributed by atoms with Gasteiger partial charge in [0.25, 0.3) is 0 Å². The number of halogens is 6. The molecule has 35 heavy (non-hydrogen) atoms. The highest BCUT2D eigenvalue weighted by molar-refractivity contribution is 5.60. The second kappa shape index (κ2) is 10.1. The molecule has 2 rings (SSSR count). The van der Waals surface area contributed by atoms with Gasteiger partial charge in [-0.25, -0.2) is 9.69 Å². The molecule has 184 valence electrons. The van der Waals surface area contributed by atoms with Gasteiger partial charge >= 0.3 is 12.4 Å². The van der Waals surface area contributed by atoms with Crippen molar-refractivity contribution >= 4 is 11.8 Å². The fourth-order valence-corrected chi connectivity index (χ4v) is 3.22. The Hall–Kier alpha value is -3.92. The molecule has 0 aliphatic carbocycles. The minimum atomic E-state index is -5.30. The van der Waals surface area contributed by atoms with E-state index in [2.05, 4.69) is 9.69 Å². The maximum absolute atomic E-state index is 13.9. The summed E-state index contributed by atoms with van der Waals surface area (Å²) in [5.41, 5.74) is -6.26. The molecule has 1 aromatic rings. The van der Waals surface area contributed by atoms with E-state index < -0.39 is 46.3 Å². The molecule has 0 amide bonds. The van der Waals surface area contributed by atoms with Crippen LogP contribution in [0.3, 0.4) is 0 Å². The standard InChI is InChI=1S/C25H21F6N3O/c1-16(32-3)22-21(33-4)20(23(2,35-22)25(29,30)31)19(24(26,27)28)11-9-7-8-10-17-12-14-18(15-13-17)34(5)6/h7-15H,1-2,5-6H3. The summed E-state index contributed by atoms with van der Waals surface area (Å²) in [5, 5.41) is 0. The van der Waals surface area contributed by atoms with E-state index in [4.69, 9.17) is 17.9 Å². The normalized spacial score (nSPS) is 20.7. The van der Waals surface area contributed by atoms with Gasteiger partial charge in [-0.15, -0.1) is 0 Å². The first kappa shape index (κ1) is 27.3. The van der Waals surface area contributed by atoms with Crippen LogP contribution in [0.15, 0.2) is 76.9 Å². The van der Waals surface area contributed by atoms with E-state index in [1.165, 1.54) is 12.2 Å². The third-order valence-electron chi connectivity index (χ3n) is 5.14. The molecule has 1 aliphatic rings. The van der Waals surface area contributed by atoms with Crippen molar-refractivity contribution in [1.29, 1.82) is 0 Å². The van der Waals surface area contributed by atoms with Crippen molar-refractivity contribution in [3.05, 3.63) is 105 Å². The van der Waals surface area contributed by atoms with Gasteiger partial charge in [-0.1, -0.05) is 42.5 Å². The van der Waals surface area contributed by atoms with E-state index in [0.29, 0.717) is 13.0 Å². The predicted octanol–water partition coefficient (Wildman–Crippen LogP) is 7.49. The summed E-state index contributed by atoms with van der Waals surface area (Å²) < 4.78 is 88.4. The number of hydrogen-bond acceptors (Lipinski definition) is 2. The van der Waals surface area contributed by atoms with Gasteiger partial charge in [0.15, 0.2) is 5.70 Å². The van der Waals surface area contributed by atoms with Crippen molar-refractivity contribution in [2.75, 3.05) is 19.0 Å². The zero-order valence-corrected chi connectivity index (χ0v) is 19.2. The summed E-state index contributed by atoms with van der Waals surface area (Å²) in [6, 6.07) is 7.28. The van der Waals surface area contributed by atoms with Gasteiger partial charge in [-0.3, -0.25) is 0 Å². The van der Waals surface area contributed by atoms with Crippen LogP contribution in [-0.4, -0.2) is 32.0 Å². The van der Waals surface area contributed by atoms with E-state index in [1.807, 2.05) is 31.1 Å². The topological polar surface area (TPSA) is 21.2 Å². The van der Waals surface area contributed by atoms with Crippen LogP contribution in [0.2, 0.25) is 0 Å². The monoisotopic (exact) mass is 493 g/mol. The van der Waals surface area contributed by atoms with Crippen molar-refractivity contribution in [1.82, 2.24) is 0 Å². The number of nitrogens with zero attached hydrogens (tertiary/aromatic N) is 3. The molecule has 10 heteroatoms. The van der Waals surface area contributed by atoms with Crippen LogP contribution >= 0.6 is 0 Å². The zero-order chi connectivity index (χ0) is 26.6. The maximum atomic E-state index is 13.9. The Morgan fingerprint density at radius 2 is 1.60 bits per heavy atom. The number of allylic oxidation sites excluding steroid dienone is 5. The summed E-state index contributed by atoms with van der Waals surface area (Å²) in [4.78, 5) is 7.72. The first-order chi connectivity index (χ1) is 16.2. The molecule has 1 aliphatic heterocycles. The van der Waals surface area contributed by atoms with E-state index >= 15 is 0 Å². The molecule has 1 aromatic carbocycles. The summed E-state index contributed by atoms with van der Waals surface area (Å²) in [5.74, 6) is -0.815. The molecule has 0 saturated heterocycles. The van der Waals surface area contributed by atoms with E-state index in [9.17, 15) is 26.3 Å². The van der Waals surface area contributed by atoms with Gasteiger partial charge in [0, 0.05) is 25.4 Å². The largest absolute Gasteiger partial charge is 0.497 e. The van der Waals surface area contributed by atoms with Crippen LogP contribution in [0.4, 0.5) is 32.0 Å². The average Bonchev–Trinajstić information content (AvgIpc) is 3.08. The minimum Gasteiger partial charge on any atom is -0.497 e. The second-order valence-corrected chi connectivity index (χ2v) is 7.80. The molecule has 1 heterocycles. The maximum Gasteiger partial charge on any atom is 0.430 e. The number of ether oxygens (including phenoxy) is 1. The Balaban J connectivity index is 2.57. The fourth-order valence-electron chi connectivity index (χ4n) is 3.22. The van der Waals surface area contributed by atoms with Crippen molar-refractivity contribution in [2.24, 2.45) is 0 Å². The average molecular weight is 493 g/mol. The highest BCUT2D eigenvalue weighted by Crippen LogP contribution is 2.54. The molecule has 0 aromatic heterocycles. The predicted molar refractivity (Wildman–Crippen MR) is 122 cm³/mol. The number of benzene rings is 1. The lowest BCUT2D eigenvalue weighted by Gasteiger charge is -2.32. The lowest BCUT2D eigenvalue weighted by Crippen LogP contribution is -2.45. The number of anilines is 1. The number of hydrogen-bond donors (Lipinski definition) is 0. The quantitative estimate of drug-likeness (QED) is 0.241. The molecule has 0 spiro atoms. The van der Waals surface area contributed by atoms with Crippen LogP contribution in [0.25, 0.3) is 15.8 Å². The van der Waals surface area contributed by atoms with Crippen molar-refractivity contribution in [3.8, 4) is 0 Å². The van der Waals surface area contributed by atoms with Gasteiger partial charge in [-0.2, -0.15) is 26.3 Å². The van der Waals surface area contributed by atoms with Crippen molar-refractivity contribution in [3.63, 3.8) is 0 Å².